The summed E-state index contributed by atoms with van der Waals surface area (Å²) in [5.41, 5.74) is 4.03. The minimum atomic E-state index is -0.701. The Kier molecular flexibility index (Phi) is 3.74. The van der Waals surface area contributed by atoms with Crippen molar-refractivity contribution in [2.45, 2.75) is 0 Å². The molecule has 7 nitrogen and oxygen atoms in total. The van der Waals surface area contributed by atoms with Gasteiger partial charge in [-0.25, -0.2) is 10.6 Å². The second kappa shape index (κ2) is 5.46. The molecule has 0 fully saturated rings. The van der Waals surface area contributed by atoms with Gasteiger partial charge in [0.05, 0.1) is 11.6 Å². The summed E-state index contributed by atoms with van der Waals surface area (Å²) in [7, 11) is 0. The van der Waals surface area contributed by atoms with E-state index in [1.165, 1.54) is 0 Å². The largest absolute Gasteiger partial charge is 0.506 e. The van der Waals surface area contributed by atoms with Crippen molar-refractivity contribution in [3.63, 3.8) is 0 Å². The topological polar surface area (TPSA) is 113 Å². The third-order valence-electron chi connectivity index (χ3n) is 2.31. The van der Waals surface area contributed by atoms with Crippen LogP contribution >= 0.6 is 12.2 Å². The molecule has 0 spiro atoms. The van der Waals surface area contributed by atoms with Gasteiger partial charge in [-0.3, -0.25) is 10.9 Å². The molecule has 2 rings (SSSR count). The number of thiocarbonyl (C=S) groups is 1. The van der Waals surface area contributed by atoms with Crippen LogP contribution in [0.25, 0.3) is 11.0 Å². The lowest BCUT2D eigenvalue weighted by Crippen LogP contribution is -2.37. The van der Waals surface area contributed by atoms with Crippen molar-refractivity contribution in [1.29, 1.82) is 0 Å². The predicted molar refractivity (Wildman–Crippen MR) is 74.8 cm³/mol. The van der Waals surface area contributed by atoms with Crippen LogP contribution in [-0.4, -0.2) is 16.4 Å². The van der Waals surface area contributed by atoms with Crippen LogP contribution < -0.4 is 22.3 Å². The van der Waals surface area contributed by atoms with Gasteiger partial charge in [-0.15, -0.1) is 0 Å². The Labute approximate surface area is 112 Å². The number of rotatable bonds is 2. The molecule has 0 saturated heterocycles. The summed E-state index contributed by atoms with van der Waals surface area (Å²) in [4.78, 5) is 11.7. The average Bonchev–Trinajstić information content (AvgIpc) is 2.42. The third-order valence-corrected chi connectivity index (χ3v) is 2.52. The van der Waals surface area contributed by atoms with Crippen LogP contribution in [0.1, 0.15) is 5.56 Å². The van der Waals surface area contributed by atoms with E-state index in [4.69, 9.17) is 10.3 Å². The molecule has 2 aromatic rings. The Hall–Kier alpha value is -2.45. The van der Waals surface area contributed by atoms with Crippen LogP contribution in [0.2, 0.25) is 0 Å². The van der Waals surface area contributed by atoms with Gasteiger partial charge in [0.15, 0.2) is 0 Å². The molecule has 5 N–H and O–H groups in total. The fraction of sp³-hybridized carbons (Fsp3) is 0. The Morgan fingerprint density at radius 2 is 2.21 bits per heavy atom. The third kappa shape index (κ3) is 2.69. The predicted octanol–water partition coefficient (Wildman–Crippen LogP) is 0.170. The van der Waals surface area contributed by atoms with E-state index in [9.17, 15) is 9.90 Å². The number of aromatic hydroxyl groups is 1. The molecule has 0 atom stereocenters. The van der Waals surface area contributed by atoms with Crippen molar-refractivity contribution in [2.75, 3.05) is 0 Å². The standard InChI is InChI=1S/C11H10N4O3S/c12-14-11(19)15-13-5-7-9(16)6-3-1-2-4-8(6)18-10(7)17/h1-5,16H,12H2,(H2,14,15,19)/b13-5+. The fourth-order valence-electron chi connectivity index (χ4n) is 1.45. The van der Waals surface area contributed by atoms with Crippen molar-refractivity contribution >= 4 is 34.5 Å². The number of hydrogen-bond donors (Lipinski definition) is 4. The lowest BCUT2D eigenvalue weighted by Gasteiger charge is -2.03. The quantitative estimate of drug-likeness (QED) is 0.204. The van der Waals surface area contributed by atoms with Crippen molar-refractivity contribution in [3.8, 4) is 5.75 Å². The maximum Gasteiger partial charge on any atom is 0.349 e. The van der Waals surface area contributed by atoms with Gasteiger partial charge in [-0.05, 0) is 24.4 Å². The van der Waals surface area contributed by atoms with Gasteiger partial charge >= 0.3 is 5.63 Å². The van der Waals surface area contributed by atoms with Gasteiger partial charge in [0, 0.05) is 0 Å². The molecule has 0 amide bonds. The minimum Gasteiger partial charge on any atom is -0.506 e. The van der Waals surface area contributed by atoms with E-state index in [1.807, 2.05) is 0 Å². The lowest BCUT2D eigenvalue weighted by molar-refractivity contribution is 0.466. The Balaban J connectivity index is 2.43. The van der Waals surface area contributed by atoms with Gasteiger partial charge in [0.1, 0.15) is 16.9 Å². The number of nitrogens with two attached hydrogens (primary N) is 1. The summed E-state index contributed by atoms with van der Waals surface area (Å²) >= 11 is 4.69. The second-order valence-corrected chi connectivity index (χ2v) is 3.90. The van der Waals surface area contributed by atoms with Gasteiger partial charge in [-0.2, -0.15) is 5.10 Å². The first-order valence-electron chi connectivity index (χ1n) is 5.18. The highest BCUT2D eigenvalue weighted by Gasteiger charge is 2.11. The molecule has 98 valence electrons. The van der Waals surface area contributed by atoms with E-state index in [2.05, 4.69) is 28.2 Å². The molecule has 0 aliphatic heterocycles. The van der Waals surface area contributed by atoms with Crippen LogP contribution in [-0.2, 0) is 0 Å². The first-order valence-corrected chi connectivity index (χ1v) is 5.58. The highest BCUT2D eigenvalue weighted by Crippen LogP contribution is 2.24. The number of hydrazine groups is 1. The summed E-state index contributed by atoms with van der Waals surface area (Å²) in [6.45, 7) is 0. The van der Waals surface area contributed by atoms with Crippen LogP contribution in [0.15, 0.2) is 38.6 Å². The zero-order valence-corrected chi connectivity index (χ0v) is 10.4. The van der Waals surface area contributed by atoms with E-state index >= 15 is 0 Å². The normalized spacial score (nSPS) is 10.8. The molecule has 0 unspecified atom stereocenters. The maximum atomic E-state index is 11.7. The van der Waals surface area contributed by atoms with Crippen molar-refractivity contribution in [2.24, 2.45) is 10.9 Å². The highest BCUT2D eigenvalue weighted by atomic mass is 32.1. The van der Waals surface area contributed by atoms with E-state index in [0.29, 0.717) is 11.0 Å². The smallest absolute Gasteiger partial charge is 0.349 e. The van der Waals surface area contributed by atoms with E-state index < -0.39 is 5.63 Å². The van der Waals surface area contributed by atoms with Crippen LogP contribution in [0.4, 0.5) is 0 Å². The molecule has 0 aliphatic carbocycles. The van der Waals surface area contributed by atoms with E-state index in [-0.39, 0.29) is 16.4 Å². The second-order valence-electron chi connectivity index (χ2n) is 3.49. The molecule has 1 aromatic carbocycles. The fourth-order valence-corrected chi connectivity index (χ4v) is 1.50. The van der Waals surface area contributed by atoms with Crippen molar-refractivity contribution in [3.05, 3.63) is 40.2 Å². The van der Waals surface area contributed by atoms with Crippen molar-refractivity contribution in [1.82, 2.24) is 10.9 Å². The molecule has 8 heteroatoms. The Bertz CT molecular complexity index is 711. The van der Waals surface area contributed by atoms with Crippen LogP contribution in [0.3, 0.4) is 0 Å². The average molecular weight is 278 g/mol. The van der Waals surface area contributed by atoms with Gasteiger partial charge < -0.3 is 9.52 Å². The molecular formula is C11H10N4O3S. The first kappa shape index (κ1) is 13.0. The zero-order valence-electron chi connectivity index (χ0n) is 9.58. The molecule has 19 heavy (non-hydrogen) atoms. The Morgan fingerprint density at radius 1 is 1.47 bits per heavy atom. The number of hydrazone groups is 1. The van der Waals surface area contributed by atoms with Gasteiger partial charge in [0.2, 0.25) is 5.11 Å². The minimum absolute atomic E-state index is 0.0703. The first-order chi connectivity index (χ1) is 9.13. The summed E-state index contributed by atoms with van der Waals surface area (Å²) in [6, 6.07) is 6.63. The number of nitrogens with zero attached hydrogens (tertiary/aromatic N) is 1. The summed E-state index contributed by atoms with van der Waals surface area (Å²) in [5, 5.41) is 14.2. The number of nitrogens with one attached hydrogen (secondary N) is 2. The number of fused-ring (bicyclic) bond motifs is 1. The molecule has 1 heterocycles. The molecule has 0 saturated carbocycles. The molecule has 0 bridgehead atoms. The monoisotopic (exact) mass is 278 g/mol. The lowest BCUT2D eigenvalue weighted by atomic mass is 10.1. The summed E-state index contributed by atoms with van der Waals surface area (Å²) in [6.07, 6.45) is 1.11. The summed E-state index contributed by atoms with van der Waals surface area (Å²) < 4.78 is 5.05. The van der Waals surface area contributed by atoms with Crippen LogP contribution in [0.5, 0.6) is 5.75 Å². The van der Waals surface area contributed by atoms with Gasteiger partial charge in [0.25, 0.3) is 0 Å². The molecule has 0 aliphatic rings. The summed E-state index contributed by atoms with van der Waals surface area (Å²) in [5.74, 6) is 4.82. The Morgan fingerprint density at radius 3 is 2.95 bits per heavy atom. The molecular weight excluding hydrogens is 268 g/mol. The van der Waals surface area contributed by atoms with E-state index in [1.54, 1.807) is 24.3 Å². The number of benzene rings is 1. The SMILES string of the molecule is NNC(=S)N/N=C/c1c(O)c2ccccc2oc1=O. The van der Waals surface area contributed by atoms with E-state index in [0.717, 1.165) is 6.21 Å². The molecule has 1 aromatic heterocycles. The highest BCUT2D eigenvalue weighted by molar-refractivity contribution is 7.80. The molecule has 0 radical (unpaired) electrons. The van der Waals surface area contributed by atoms with Crippen molar-refractivity contribution < 1.29 is 9.52 Å². The number of para-hydroxylation sites is 1. The van der Waals surface area contributed by atoms with Gasteiger partial charge in [-0.1, -0.05) is 12.1 Å². The van der Waals surface area contributed by atoms with Crippen LogP contribution in [0, 0.1) is 0 Å². The maximum absolute atomic E-state index is 11.7. The number of hydrogen-bond acceptors (Lipinski definition) is 6. The zero-order chi connectivity index (χ0) is 13.8.